The summed E-state index contributed by atoms with van der Waals surface area (Å²) in [6, 6.07) is 18.0. The molecule has 0 bridgehead atoms. The molecule has 0 spiro atoms. The van der Waals surface area contributed by atoms with Gasteiger partial charge in [0.05, 0.1) is 6.04 Å². The van der Waals surface area contributed by atoms with Crippen molar-refractivity contribution < 1.29 is 0 Å². The van der Waals surface area contributed by atoms with Gasteiger partial charge in [-0.2, -0.15) is 0 Å². The molecular formula is C14H15ClN2. The van der Waals surface area contributed by atoms with Crippen LogP contribution in [0.1, 0.15) is 17.2 Å². The maximum atomic E-state index is 6.14. The van der Waals surface area contributed by atoms with Crippen LogP contribution in [0, 0.1) is 0 Å². The molecule has 0 amide bonds. The second-order valence-electron chi connectivity index (χ2n) is 3.93. The smallest absolute Gasteiger partial charge is 0.0500 e. The molecule has 0 saturated carbocycles. The van der Waals surface area contributed by atoms with Crippen LogP contribution >= 0.6 is 11.6 Å². The molecule has 3 N–H and O–H groups in total. The SMILES string of the molecule is NNC(Cc1ccccc1Cl)c1ccccc1. The first-order chi connectivity index (χ1) is 8.31. The van der Waals surface area contributed by atoms with Gasteiger partial charge in [0.15, 0.2) is 0 Å². The highest BCUT2D eigenvalue weighted by atomic mass is 35.5. The van der Waals surface area contributed by atoms with E-state index in [1.807, 2.05) is 42.5 Å². The Morgan fingerprint density at radius 1 is 1.00 bits per heavy atom. The van der Waals surface area contributed by atoms with Gasteiger partial charge in [-0.3, -0.25) is 11.3 Å². The Balaban J connectivity index is 2.19. The topological polar surface area (TPSA) is 38.0 Å². The number of halogens is 1. The Morgan fingerprint density at radius 2 is 1.65 bits per heavy atom. The van der Waals surface area contributed by atoms with E-state index < -0.39 is 0 Å². The maximum absolute atomic E-state index is 6.14. The molecule has 0 heterocycles. The molecule has 0 aliphatic carbocycles. The van der Waals surface area contributed by atoms with Crippen LogP contribution in [0.5, 0.6) is 0 Å². The molecule has 1 unspecified atom stereocenters. The van der Waals surface area contributed by atoms with Gasteiger partial charge < -0.3 is 0 Å². The Labute approximate surface area is 106 Å². The Morgan fingerprint density at radius 3 is 2.29 bits per heavy atom. The van der Waals surface area contributed by atoms with Crippen molar-refractivity contribution in [2.75, 3.05) is 0 Å². The summed E-state index contributed by atoms with van der Waals surface area (Å²) in [4.78, 5) is 0. The van der Waals surface area contributed by atoms with Gasteiger partial charge in [0.2, 0.25) is 0 Å². The van der Waals surface area contributed by atoms with Gasteiger partial charge in [-0.15, -0.1) is 0 Å². The van der Waals surface area contributed by atoms with Crippen LogP contribution < -0.4 is 11.3 Å². The molecule has 3 heteroatoms. The van der Waals surface area contributed by atoms with Crippen LogP contribution in [0.4, 0.5) is 0 Å². The number of hydrogen-bond acceptors (Lipinski definition) is 2. The molecule has 0 radical (unpaired) electrons. The summed E-state index contributed by atoms with van der Waals surface area (Å²) in [6.07, 6.45) is 0.778. The highest BCUT2D eigenvalue weighted by Crippen LogP contribution is 2.22. The van der Waals surface area contributed by atoms with Gasteiger partial charge in [-0.1, -0.05) is 60.1 Å². The summed E-state index contributed by atoms with van der Waals surface area (Å²) >= 11 is 6.14. The van der Waals surface area contributed by atoms with E-state index in [9.17, 15) is 0 Å². The second-order valence-corrected chi connectivity index (χ2v) is 4.33. The maximum Gasteiger partial charge on any atom is 0.0500 e. The van der Waals surface area contributed by atoms with Crippen LogP contribution in [0.2, 0.25) is 5.02 Å². The lowest BCUT2D eigenvalue weighted by atomic mass is 9.99. The third-order valence-electron chi connectivity index (χ3n) is 2.79. The molecule has 2 nitrogen and oxygen atoms in total. The number of nitrogens with two attached hydrogens (primary N) is 1. The lowest BCUT2D eigenvalue weighted by Gasteiger charge is -2.17. The van der Waals surface area contributed by atoms with E-state index in [2.05, 4.69) is 17.6 Å². The van der Waals surface area contributed by atoms with E-state index in [0.29, 0.717) is 0 Å². The highest BCUT2D eigenvalue weighted by molar-refractivity contribution is 6.31. The van der Waals surface area contributed by atoms with Gasteiger partial charge in [0.1, 0.15) is 0 Å². The highest BCUT2D eigenvalue weighted by Gasteiger charge is 2.11. The zero-order chi connectivity index (χ0) is 12.1. The molecular weight excluding hydrogens is 232 g/mol. The minimum atomic E-state index is 0.0797. The zero-order valence-electron chi connectivity index (χ0n) is 9.44. The minimum Gasteiger partial charge on any atom is -0.271 e. The zero-order valence-corrected chi connectivity index (χ0v) is 10.2. The largest absolute Gasteiger partial charge is 0.271 e. The predicted octanol–water partition coefficient (Wildman–Crippen LogP) is 3.09. The molecule has 0 saturated heterocycles. The summed E-state index contributed by atoms with van der Waals surface area (Å²) in [5.41, 5.74) is 5.10. The Hall–Kier alpha value is -1.35. The average Bonchev–Trinajstić information content (AvgIpc) is 2.39. The Kier molecular flexibility index (Phi) is 4.15. The van der Waals surface area contributed by atoms with E-state index in [1.54, 1.807) is 0 Å². The number of hydrazine groups is 1. The molecule has 2 rings (SSSR count). The number of benzene rings is 2. The van der Waals surface area contributed by atoms with Crippen molar-refractivity contribution >= 4 is 11.6 Å². The molecule has 88 valence electrons. The second kappa shape index (κ2) is 5.82. The monoisotopic (exact) mass is 246 g/mol. The summed E-state index contributed by atoms with van der Waals surface area (Å²) < 4.78 is 0. The van der Waals surface area contributed by atoms with Gasteiger partial charge in [-0.25, -0.2) is 0 Å². The summed E-state index contributed by atoms with van der Waals surface area (Å²) in [7, 11) is 0. The fourth-order valence-corrected chi connectivity index (χ4v) is 2.06. The normalized spacial score (nSPS) is 12.4. The van der Waals surface area contributed by atoms with Crippen molar-refractivity contribution in [1.29, 1.82) is 0 Å². The fraction of sp³-hybridized carbons (Fsp3) is 0.143. The van der Waals surface area contributed by atoms with Crippen LogP contribution in [0.25, 0.3) is 0 Å². The molecule has 17 heavy (non-hydrogen) atoms. The molecule has 0 aromatic heterocycles. The molecule has 1 atom stereocenters. The first kappa shape index (κ1) is 12.1. The number of nitrogens with one attached hydrogen (secondary N) is 1. The lowest BCUT2D eigenvalue weighted by Crippen LogP contribution is -2.29. The third kappa shape index (κ3) is 3.07. The van der Waals surface area contributed by atoms with Gasteiger partial charge in [0.25, 0.3) is 0 Å². The van der Waals surface area contributed by atoms with E-state index in [4.69, 9.17) is 17.4 Å². The fourth-order valence-electron chi connectivity index (χ4n) is 1.84. The summed E-state index contributed by atoms with van der Waals surface area (Å²) in [6.45, 7) is 0. The van der Waals surface area contributed by atoms with E-state index >= 15 is 0 Å². The predicted molar refractivity (Wildman–Crippen MR) is 71.7 cm³/mol. The summed E-state index contributed by atoms with van der Waals surface area (Å²) in [5.74, 6) is 5.61. The molecule has 0 aliphatic heterocycles. The molecule has 2 aromatic rings. The summed E-state index contributed by atoms with van der Waals surface area (Å²) in [5, 5.41) is 0.781. The lowest BCUT2D eigenvalue weighted by molar-refractivity contribution is 0.552. The van der Waals surface area contributed by atoms with Crippen molar-refractivity contribution in [3.8, 4) is 0 Å². The Bertz CT molecular complexity index is 471. The first-order valence-corrected chi connectivity index (χ1v) is 5.93. The standard InChI is InChI=1S/C14H15ClN2/c15-13-9-5-4-8-12(13)10-14(17-16)11-6-2-1-3-7-11/h1-9,14,17H,10,16H2. The van der Waals surface area contributed by atoms with Crippen molar-refractivity contribution in [3.05, 3.63) is 70.7 Å². The van der Waals surface area contributed by atoms with Gasteiger partial charge in [-0.05, 0) is 23.6 Å². The van der Waals surface area contributed by atoms with E-state index in [1.165, 1.54) is 0 Å². The average molecular weight is 247 g/mol. The van der Waals surface area contributed by atoms with Crippen molar-refractivity contribution in [2.45, 2.75) is 12.5 Å². The van der Waals surface area contributed by atoms with Crippen LogP contribution in [-0.2, 0) is 6.42 Å². The van der Waals surface area contributed by atoms with Crippen molar-refractivity contribution in [3.63, 3.8) is 0 Å². The van der Waals surface area contributed by atoms with E-state index in [-0.39, 0.29) is 6.04 Å². The molecule has 0 fully saturated rings. The van der Waals surface area contributed by atoms with Crippen LogP contribution in [0.3, 0.4) is 0 Å². The molecule has 0 aliphatic rings. The minimum absolute atomic E-state index is 0.0797. The molecule has 2 aromatic carbocycles. The van der Waals surface area contributed by atoms with Crippen LogP contribution in [0.15, 0.2) is 54.6 Å². The van der Waals surface area contributed by atoms with Crippen molar-refractivity contribution in [1.82, 2.24) is 5.43 Å². The van der Waals surface area contributed by atoms with Gasteiger partial charge in [0, 0.05) is 5.02 Å². The van der Waals surface area contributed by atoms with Gasteiger partial charge >= 0.3 is 0 Å². The first-order valence-electron chi connectivity index (χ1n) is 5.55. The van der Waals surface area contributed by atoms with Crippen molar-refractivity contribution in [2.24, 2.45) is 5.84 Å². The number of rotatable bonds is 4. The number of hydrogen-bond donors (Lipinski definition) is 2. The third-order valence-corrected chi connectivity index (χ3v) is 3.15. The van der Waals surface area contributed by atoms with Crippen LogP contribution in [-0.4, -0.2) is 0 Å². The van der Waals surface area contributed by atoms with E-state index in [0.717, 1.165) is 22.6 Å². The quantitative estimate of drug-likeness (QED) is 0.643.